The molecular weight excluding hydrogens is 388 g/mol. The van der Waals surface area contributed by atoms with E-state index < -0.39 is 0 Å². The average Bonchev–Trinajstić information content (AvgIpc) is 2.96. The summed E-state index contributed by atoms with van der Waals surface area (Å²) in [5, 5.41) is 11.6. The summed E-state index contributed by atoms with van der Waals surface area (Å²) in [6.07, 6.45) is 1.74. The van der Waals surface area contributed by atoms with Crippen molar-refractivity contribution in [2.24, 2.45) is 5.10 Å². The second-order valence-corrected chi connectivity index (χ2v) is 6.19. The molecular formula is C17H15BrN4OS. The number of nitrogens with one attached hydrogen (secondary N) is 1. The molecule has 0 bridgehead atoms. The molecule has 5 nitrogen and oxygen atoms in total. The molecule has 0 radical (unpaired) electrons. The molecule has 1 aromatic heterocycles. The van der Waals surface area contributed by atoms with Crippen molar-refractivity contribution in [1.29, 1.82) is 0 Å². The van der Waals surface area contributed by atoms with Crippen LogP contribution in [0.4, 0.5) is 0 Å². The number of hydrogen-bond acceptors (Lipinski definition) is 4. The number of hydrogen-bond donors (Lipinski definition) is 1. The van der Waals surface area contributed by atoms with E-state index in [-0.39, 0.29) is 0 Å². The maximum absolute atomic E-state index is 5.67. The molecule has 0 aliphatic carbocycles. The summed E-state index contributed by atoms with van der Waals surface area (Å²) in [7, 11) is 0. The number of aromatic nitrogens is 3. The number of H-pyrrole nitrogens is 1. The van der Waals surface area contributed by atoms with E-state index in [4.69, 9.17) is 17.0 Å². The smallest absolute Gasteiger partial charge is 0.216 e. The number of para-hydroxylation sites is 1. The van der Waals surface area contributed by atoms with Gasteiger partial charge in [-0.2, -0.15) is 14.9 Å². The van der Waals surface area contributed by atoms with Crippen LogP contribution in [0.5, 0.6) is 5.75 Å². The van der Waals surface area contributed by atoms with E-state index in [2.05, 4.69) is 31.2 Å². The molecule has 2 aromatic carbocycles. The third kappa shape index (κ3) is 3.63. The van der Waals surface area contributed by atoms with E-state index in [1.54, 1.807) is 10.9 Å². The van der Waals surface area contributed by atoms with E-state index in [0.717, 1.165) is 21.3 Å². The Balaban J connectivity index is 2.01. The van der Waals surface area contributed by atoms with Crippen molar-refractivity contribution >= 4 is 34.4 Å². The SMILES string of the molecule is CCOc1ccccc1-c1n[nH]c(=S)n1/N=C\c1ccc(Br)cc1. The van der Waals surface area contributed by atoms with Crippen LogP contribution in [0, 0.1) is 4.77 Å². The van der Waals surface area contributed by atoms with Crippen LogP contribution in [-0.4, -0.2) is 27.7 Å². The Kier molecular flexibility index (Phi) is 5.22. The molecule has 0 saturated heterocycles. The van der Waals surface area contributed by atoms with Gasteiger partial charge in [0.05, 0.1) is 18.4 Å². The first-order chi connectivity index (χ1) is 11.7. The summed E-state index contributed by atoms with van der Waals surface area (Å²) in [6.45, 7) is 2.52. The molecule has 0 aliphatic rings. The molecule has 3 rings (SSSR count). The van der Waals surface area contributed by atoms with Gasteiger partial charge in [-0.05, 0) is 49.0 Å². The minimum Gasteiger partial charge on any atom is -0.493 e. The van der Waals surface area contributed by atoms with Gasteiger partial charge in [0.2, 0.25) is 4.77 Å². The van der Waals surface area contributed by atoms with Gasteiger partial charge in [-0.1, -0.05) is 40.2 Å². The number of benzene rings is 2. The van der Waals surface area contributed by atoms with Gasteiger partial charge in [0.15, 0.2) is 5.82 Å². The zero-order valence-electron chi connectivity index (χ0n) is 12.9. The Morgan fingerprint density at radius 1 is 1.25 bits per heavy atom. The molecule has 0 spiro atoms. The van der Waals surface area contributed by atoms with Crippen LogP contribution in [0.3, 0.4) is 0 Å². The Morgan fingerprint density at radius 3 is 2.75 bits per heavy atom. The van der Waals surface area contributed by atoms with Crippen LogP contribution in [0.15, 0.2) is 58.1 Å². The zero-order valence-corrected chi connectivity index (χ0v) is 15.3. The summed E-state index contributed by atoms with van der Waals surface area (Å²) >= 11 is 8.72. The molecule has 0 amide bonds. The number of ether oxygens (including phenoxy) is 1. The van der Waals surface area contributed by atoms with Crippen molar-refractivity contribution in [3.05, 3.63) is 63.3 Å². The minimum atomic E-state index is 0.421. The Bertz CT molecular complexity index is 915. The predicted octanol–water partition coefficient (Wildman–Crippen LogP) is 4.65. The normalized spacial score (nSPS) is 11.1. The first-order valence-corrected chi connectivity index (χ1v) is 8.58. The van der Waals surface area contributed by atoms with E-state index in [9.17, 15) is 0 Å². The van der Waals surface area contributed by atoms with Crippen LogP contribution in [-0.2, 0) is 0 Å². The molecule has 0 atom stereocenters. The quantitative estimate of drug-likeness (QED) is 0.498. The molecule has 3 aromatic rings. The maximum atomic E-state index is 5.67. The molecule has 0 saturated carbocycles. The van der Waals surface area contributed by atoms with E-state index in [1.807, 2.05) is 55.5 Å². The van der Waals surface area contributed by atoms with Crippen LogP contribution < -0.4 is 4.74 Å². The Morgan fingerprint density at radius 2 is 2.00 bits per heavy atom. The summed E-state index contributed by atoms with van der Waals surface area (Å²) in [5.74, 6) is 1.35. The van der Waals surface area contributed by atoms with Gasteiger partial charge < -0.3 is 4.74 Å². The van der Waals surface area contributed by atoms with Gasteiger partial charge in [-0.3, -0.25) is 0 Å². The Labute approximate surface area is 153 Å². The standard InChI is InChI=1S/C17H15BrN4OS/c1-2-23-15-6-4-3-5-14(15)16-20-21-17(24)22(16)19-11-12-7-9-13(18)10-8-12/h3-11H,2H2,1H3,(H,21,24)/b19-11-. The minimum absolute atomic E-state index is 0.421. The molecule has 1 N–H and O–H groups in total. The molecule has 7 heteroatoms. The van der Waals surface area contributed by atoms with Crippen molar-refractivity contribution in [2.45, 2.75) is 6.92 Å². The third-order valence-corrected chi connectivity index (χ3v) is 4.06. The summed E-state index contributed by atoms with van der Waals surface area (Å²) in [6, 6.07) is 15.5. The van der Waals surface area contributed by atoms with Crippen LogP contribution in [0.1, 0.15) is 12.5 Å². The largest absolute Gasteiger partial charge is 0.493 e. The second-order valence-electron chi connectivity index (χ2n) is 4.89. The van der Waals surface area contributed by atoms with Crippen LogP contribution in [0.2, 0.25) is 0 Å². The number of rotatable bonds is 5. The monoisotopic (exact) mass is 402 g/mol. The first kappa shape index (κ1) is 16.6. The average molecular weight is 403 g/mol. The predicted molar refractivity (Wildman–Crippen MR) is 101 cm³/mol. The number of halogens is 1. The highest BCUT2D eigenvalue weighted by atomic mass is 79.9. The lowest BCUT2D eigenvalue weighted by Crippen LogP contribution is -1.99. The van der Waals surface area contributed by atoms with Crippen molar-refractivity contribution in [3.63, 3.8) is 0 Å². The van der Waals surface area contributed by atoms with Gasteiger partial charge in [0, 0.05) is 4.47 Å². The molecule has 0 unspecified atom stereocenters. The maximum Gasteiger partial charge on any atom is 0.216 e. The molecule has 0 aliphatic heterocycles. The molecule has 0 fully saturated rings. The number of nitrogens with zero attached hydrogens (tertiary/aromatic N) is 3. The van der Waals surface area contributed by atoms with Gasteiger partial charge in [-0.15, -0.1) is 0 Å². The van der Waals surface area contributed by atoms with Gasteiger partial charge in [0.1, 0.15) is 5.75 Å². The topological polar surface area (TPSA) is 55.2 Å². The van der Waals surface area contributed by atoms with Crippen molar-refractivity contribution in [2.75, 3.05) is 6.61 Å². The highest BCUT2D eigenvalue weighted by molar-refractivity contribution is 9.10. The van der Waals surface area contributed by atoms with Gasteiger partial charge in [-0.25, -0.2) is 5.10 Å². The lowest BCUT2D eigenvalue weighted by atomic mass is 10.2. The summed E-state index contributed by atoms with van der Waals surface area (Å²) in [5.41, 5.74) is 1.80. The van der Waals surface area contributed by atoms with Crippen molar-refractivity contribution < 1.29 is 4.74 Å². The van der Waals surface area contributed by atoms with E-state index >= 15 is 0 Å². The van der Waals surface area contributed by atoms with E-state index in [1.165, 1.54) is 0 Å². The van der Waals surface area contributed by atoms with E-state index in [0.29, 0.717) is 17.2 Å². The van der Waals surface area contributed by atoms with Crippen LogP contribution in [0.25, 0.3) is 11.4 Å². The summed E-state index contributed by atoms with van der Waals surface area (Å²) < 4.78 is 8.71. The third-order valence-electron chi connectivity index (χ3n) is 3.27. The second kappa shape index (κ2) is 7.55. The van der Waals surface area contributed by atoms with Crippen LogP contribution >= 0.6 is 28.1 Å². The van der Waals surface area contributed by atoms with Gasteiger partial charge >= 0.3 is 0 Å². The fraction of sp³-hybridized carbons (Fsp3) is 0.118. The first-order valence-electron chi connectivity index (χ1n) is 7.38. The highest BCUT2D eigenvalue weighted by Gasteiger charge is 2.13. The molecule has 24 heavy (non-hydrogen) atoms. The lowest BCUT2D eigenvalue weighted by Gasteiger charge is -2.08. The Hall–Kier alpha value is -2.25. The van der Waals surface area contributed by atoms with Crippen molar-refractivity contribution in [1.82, 2.24) is 14.9 Å². The van der Waals surface area contributed by atoms with Gasteiger partial charge in [0.25, 0.3) is 0 Å². The molecule has 1 heterocycles. The number of aromatic amines is 1. The lowest BCUT2D eigenvalue weighted by molar-refractivity contribution is 0.341. The highest BCUT2D eigenvalue weighted by Crippen LogP contribution is 2.28. The van der Waals surface area contributed by atoms with Crippen molar-refractivity contribution in [3.8, 4) is 17.1 Å². The molecule has 122 valence electrons. The zero-order chi connectivity index (χ0) is 16.9. The fourth-order valence-corrected chi connectivity index (χ4v) is 2.62. The summed E-state index contributed by atoms with van der Waals surface area (Å²) in [4.78, 5) is 0. The fourth-order valence-electron chi connectivity index (χ4n) is 2.18.